The standard InChI is InChI=1S/C14H23P/c1-3-5-12-15(13-6-4-2)14-10-8-7-9-11-14/h7-11H,3-6,12-13H2,1-2H3/p+1. The quantitative estimate of drug-likeness (QED) is 0.610. The van der Waals surface area contributed by atoms with Crippen LogP contribution in [-0.2, 0) is 0 Å². The van der Waals surface area contributed by atoms with Crippen molar-refractivity contribution in [1.29, 1.82) is 0 Å². The van der Waals surface area contributed by atoms with E-state index in [9.17, 15) is 0 Å². The Hall–Kier alpha value is -0.350. The van der Waals surface area contributed by atoms with Crippen LogP contribution in [0.15, 0.2) is 30.3 Å². The van der Waals surface area contributed by atoms with E-state index in [1.54, 1.807) is 5.30 Å². The smallest absolute Gasteiger partial charge is 0.0652 e. The van der Waals surface area contributed by atoms with Gasteiger partial charge in [-0.1, -0.05) is 44.9 Å². The summed E-state index contributed by atoms with van der Waals surface area (Å²) < 4.78 is 0. The van der Waals surface area contributed by atoms with Gasteiger partial charge in [0.2, 0.25) is 0 Å². The van der Waals surface area contributed by atoms with Gasteiger partial charge in [0.25, 0.3) is 0 Å². The summed E-state index contributed by atoms with van der Waals surface area (Å²) in [5.74, 6) is 0. The van der Waals surface area contributed by atoms with Crippen molar-refractivity contribution < 1.29 is 0 Å². The number of hydrogen-bond acceptors (Lipinski definition) is 0. The largest absolute Gasteiger partial charge is 0.0914 e. The first-order valence-electron chi connectivity index (χ1n) is 6.28. The van der Waals surface area contributed by atoms with Crippen LogP contribution in [0.5, 0.6) is 0 Å². The van der Waals surface area contributed by atoms with Crippen molar-refractivity contribution in [1.82, 2.24) is 0 Å². The zero-order valence-corrected chi connectivity index (χ0v) is 11.1. The van der Waals surface area contributed by atoms with Crippen molar-refractivity contribution in [3.05, 3.63) is 30.3 Å². The summed E-state index contributed by atoms with van der Waals surface area (Å²) in [5.41, 5.74) is 0. The van der Waals surface area contributed by atoms with E-state index < -0.39 is 0 Å². The van der Waals surface area contributed by atoms with E-state index in [0.717, 1.165) is 0 Å². The van der Waals surface area contributed by atoms with Crippen LogP contribution in [0.25, 0.3) is 0 Å². The first-order valence-corrected chi connectivity index (χ1v) is 8.20. The molecule has 1 rings (SSSR count). The van der Waals surface area contributed by atoms with Crippen molar-refractivity contribution in [3.63, 3.8) is 0 Å². The molecule has 1 heteroatoms. The lowest BCUT2D eigenvalue weighted by molar-refractivity contribution is 0.871. The van der Waals surface area contributed by atoms with E-state index in [1.165, 1.54) is 38.0 Å². The summed E-state index contributed by atoms with van der Waals surface area (Å²) in [6.45, 7) is 4.59. The predicted molar refractivity (Wildman–Crippen MR) is 73.9 cm³/mol. The minimum Gasteiger partial charge on any atom is -0.0652 e. The Morgan fingerprint density at radius 2 is 1.40 bits per heavy atom. The van der Waals surface area contributed by atoms with Crippen LogP contribution in [0.3, 0.4) is 0 Å². The van der Waals surface area contributed by atoms with Gasteiger partial charge < -0.3 is 0 Å². The number of unbranched alkanes of at least 4 members (excludes halogenated alkanes) is 2. The van der Waals surface area contributed by atoms with Crippen LogP contribution in [0.2, 0.25) is 0 Å². The molecule has 1 aromatic rings. The topological polar surface area (TPSA) is 0 Å². The van der Waals surface area contributed by atoms with Gasteiger partial charge in [-0.3, -0.25) is 0 Å². The van der Waals surface area contributed by atoms with Gasteiger partial charge >= 0.3 is 0 Å². The molecule has 0 amide bonds. The molecule has 0 heterocycles. The van der Waals surface area contributed by atoms with Gasteiger partial charge in [-0.05, 0) is 25.0 Å². The highest BCUT2D eigenvalue weighted by atomic mass is 31.1. The van der Waals surface area contributed by atoms with Crippen molar-refractivity contribution in [3.8, 4) is 0 Å². The molecule has 0 aromatic heterocycles. The molecular formula is C14H24P+. The van der Waals surface area contributed by atoms with Crippen LogP contribution < -0.4 is 5.30 Å². The second kappa shape index (κ2) is 7.88. The lowest BCUT2D eigenvalue weighted by Crippen LogP contribution is -2.05. The summed E-state index contributed by atoms with van der Waals surface area (Å²) >= 11 is 0. The van der Waals surface area contributed by atoms with Crippen molar-refractivity contribution in [2.75, 3.05) is 12.3 Å². The van der Waals surface area contributed by atoms with Crippen molar-refractivity contribution >= 4 is 13.2 Å². The van der Waals surface area contributed by atoms with Crippen LogP contribution in [0.1, 0.15) is 39.5 Å². The minimum atomic E-state index is -0.247. The van der Waals surface area contributed by atoms with Crippen molar-refractivity contribution in [2.45, 2.75) is 39.5 Å². The summed E-state index contributed by atoms with van der Waals surface area (Å²) in [4.78, 5) is 0. The minimum absolute atomic E-state index is 0.247. The maximum Gasteiger partial charge on any atom is 0.0914 e. The Labute approximate surface area is 95.9 Å². The first kappa shape index (κ1) is 12.7. The Kier molecular flexibility index (Phi) is 6.68. The summed E-state index contributed by atoms with van der Waals surface area (Å²) in [6, 6.07) is 11.2. The summed E-state index contributed by atoms with van der Waals surface area (Å²) in [6.07, 6.45) is 8.43. The number of rotatable bonds is 7. The Balaban J connectivity index is 2.55. The van der Waals surface area contributed by atoms with Gasteiger partial charge in [-0.15, -0.1) is 0 Å². The van der Waals surface area contributed by atoms with Gasteiger partial charge in [0, 0.05) is 7.92 Å². The molecule has 0 bridgehead atoms. The molecule has 0 saturated carbocycles. The highest BCUT2D eigenvalue weighted by molar-refractivity contribution is 7.65. The molecule has 1 aromatic carbocycles. The molecule has 0 unspecified atom stereocenters. The fourth-order valence-corrected chi connectivity index (χ4v) is 4.92. The maximum atomic E-state index is 2.33. The van der Waals surface area contributed by atoms with Crippen LogP contribution >= 0.6 is 7.92 Å². The Morgan fingerprint density at radius 1 is 0.867 bits per heavy atom. The second-order valence-electron chi connectivity index (χ2n) is 4.18. The molecule has 84 valence electrons. The fraction of sp³-hybridized carbons (Fsp3) is 0.571. The third-order valence-corrected chi connectivity index (χ3v) is 5.91. The third kappa shape index (κ3) is 4.80. The molecule has 0 N–H and O–H groups in total. The lowest BCUT2D eigenvalue weighted by Gasteiger charge is -2.09. The SMILES string of the molecule is CCCC[PH+](CCCC)c1ccccc1. The highest BCUT2D eigenvalue weighted by Gasteiger charge is 2.16. The van der Waals surface area contributed by atoms with Crippen LogP contribution in [0, 0.1) is 0 Å². The van der Waals surface area contributed by atoms with E-state index >= 15 is 0 Å². The van der Waals surface area contributed by atoms with Crippen molar-refractivity contribution in [2.24, 2.45) is 0 Å². The molecule has 0 nitrogen and oxygen atoms in total. The molecule has 0 radical (unpaired) electrons. The molecule has 0 aliphatic rings. The maximum absolute atomic E-state index is 2.33. The molecule has 0 aliphatic carbocycles. The third-order valence-electron chi connectivity index (χ3n) is 2.85. The lowest BCUT2D eigenvalue weighted by atomic mass is 10.4. The zero-order chi connectivity index (χ0) is 10.9. The number of hydrogen-bond donors (Lipinski definition) is 0. The van der Waals surface area contributed by atoms with E-state index in [0.29, 0.717) is 0 Å². The normalized spacial score (nSPS) is 10.9. The summed E-state index contributed by atoms with van der Waals surface area (Å²) in [5, 5.41) is 1.64. The van der Waals surface area contributed by atoms with Gasteiger partial charge in [-0.2, -0.15) is 0 Å². The monoisotopic (exact) mass is 223 g/mol. The van der Waals surface area contributed by atoms with Crippen LogP contribution in [0.4, 0.5) is 0 Å². The Morgan fingerprint density at radius 3 is 1.87 bits per heavy atom. The van der Waals surface area contributed by atoms with E-state index in [-0.39, 0.29) is 7.92 Å². The molecule has 0 fully saturated rings. The van der Waals surface area contributed by atoms with E-state index in [2.05, 4.69) is 44.2 Å². The summed E-state index contributed by atoms with van der Waals surface area (Å²) in [7, 11) is -0.247. The van der Waals surface area contributed by atoms with E-state index in [1.807, 2.05) is 0 Å². The molecule has 0 spiro atoms. The molecule has 15 heavy (non-hydrogen) atoms. The van der Waals surface area contributed by atoms with Gasteiger partial charge in [-0.25, -0.2) is 0 Å². The first-order chi connectivity index (χ1) is 7.38. The second-order valence-corrected chi connectivity index (χ2v) is 6.96. The molecular weight excluding hydrogens is 199 g/mol. The fourth-order valence-electron chi connectivity index (χ4n) is 1.87. The van der Waals surface area contributed by atoms with E-state index in [4.69, 9.17) is 0 Å². The Bertz CT molecular complexity index is 235. The predicted octanol–water partition coefficient (Wildman–Crippen LogP) is 4.13. The zero-order valence-electron chi connectivity index (χ0n) is 10.1. The van der Waals surface area contributed by atoms with Gasteiger partial charge in [0.05, 0.1) is 17.6 Å². The van der Waals surface area contributed by atoms with Crippen LogP contribution in [-0.4, -0.2) is 12.3 Å². The molecule has 0 saturated heterocycles. The van der Waals surface area contributed by atoms with Gasteiger partial charge in [0.15, 0.2) is 0 Å². The highest BCUT2D eigenvalue weighted by Crippen LogP contribution is 2.36. The average Bonchev–Trinajstić information content (AvgIpc) is 2.30. The number of benzene rings is 1. The average molecular weight is 223 g/mol. The molecule has 0 atom stereocenters. The molecule has 0 aliphatic heterocycles. The van der Waals surface area contributed by atoms with Gasteiger partial charge in [0.1, 0.15) is 0 Å².